The van der Waals surface area contributed by atoms with Crippen LogP contribution in [0.1, 0.15) is 19.4 Å². The van der Waals surface area contributed by atoms with Crippen LogP contribution in [0.2, 0.25) is 0 Å². The third-order valence-corrected chi connectivity index (χ3v) is 4.94. The molecule has 0 aromatic heterocycles. The van der Waals surface area contributed by atoms with Crippen LogP contribution in [0.5, 0.6) is 0 Å². The van der Waals surface area contributed by atoms with Gasteiger partial charge in [-0.25, -0.2) is 4.39 Å². The molecule has 0 radical (unpaired) electrons. The number of benzene rings is 2. The van der Waals surface area contributed by atoms with Gasteiger partial charge in [0.15, 0.2) is 0 Å². The van der Waals surface area contributed by atoms with Gasteiger partial charge in [-0.15, -0.1) is 0 Å². The average Bonchev–Trinajstić information content (AvgIpc) is 2.93. The van der Waals surface area contributed by atoms with Crippen LogP contribution in [0.15, 0.2) is 48.7 Å². The Bertz CT molecular complexity index is 884. The van der Waals surface area contributed by atoms with Crippen molar-refractivity contribution in [1.82, 2.24) is 5.32 Å². The second kappa shape index (κ2) is 7.04. The van der Waals surface area contributed by atoms with Crippen molar-refractivity contribution in [2.75, 3.05) is 28.6 Å². The van der Waals surface area contributed by atoms with Gasteiger partial charge < -0.3 is 20.9 Å². The van der Waals surface area contributed by atoms with Gasteiger partial charge in [0.2, 0.25) is 0 Å². The third kappa shape index (κ3) is 3.66. The lowest BCUT2D eigenvalue weighted by atomic mass is 10.1. The van der Waals surface area contributed by atoms with Crippen LogP contribution in [0.4, 0.5) is 21.5 Å². The molecule has 2 aliphatic rings. The van der Waals surface area contributed by atoms with Crippen molar-refractivity contribution in [3.05, 3.63) is 60.0 Å². The molecule has 6 heteroatoms. The quantitative estimate of drug-likeness (QED) is 0.729. The van der Waals surface area contributed by atoms with E-state index >= 15 is 0 Å². The van der Waals surface area contributed by atoms with E-state index in [0.29, 0.717) is 28.9 Å². The van der Waals surface area contributed by atoms with Crippen LogP contribution in [0.3, 0.4) is 0 Å². The SMILES string of the molecule is CC1CN(c2ccc(N/C=C3/C(=O)Nc4cc(F)ccc43)cc2)CC(C)N1. The molecule has 2 aromatic rings. The lowest BCUT2D eigenvalue weighted by Crippen LogP contribution is -2.54. The topological polar surface area (TPSA) is 56.4 Å². The highest BCUT2D eigenvalue weighted by Crippen LogP contribution is 2.32. The molecule has 4 rings (SSSR count). The predicted molar refractivity (Wildman–Crippen MR) is 107 cm³/mol. The van der Waals surface area contributed by atoms with E-state index in [9.17, 15) is 9.18 Å². The van der Waals surface area contributed by atoms with Crippen molar-refractivity contribution in [3.8, 4) is 0 Å². The van der Waals surface area contributed by atoms with Gasteiger partial charge in [-0.2, -0.15) is 0 Å². The van der Waals surface area contributed by atoms with Gasteiger partial charge >= 0.3 is 0 Å². The molecule has 140 valence electrons. The molecule has 1 amide bonds. The van der Waals surface area contributed by atoms with Crippen LogP contribution in [-0.2, 0) is 4.79 Å². The monoisotopic (exact) mass is 366 g/mol. The highest BCUT2D eigenvalue weighted by atomic mass is 19.1. The maximum Gasteiger partial charge on any atom is 0.257 e. The summed E-state index contributed by atoms with van der Waals surface area (Å²) in [6, 6.07) is 13.4. The fraction of sp³-hybridized carbons (Fsp3) is 0.286. The molecule has 3 N–H and O–H groups in total. The van der Waals surface area contributed by atoms with E-state index in [4.69, 9.17) is 0 Å². The molecular formula is C21H23FN4O. The molecule has 1 saturated heterocycles. The van der Waals surface area contributed by atoms with Crippen LogP contribution in [0.25, 0.3) is 5.57 Å². The van der Waals surface area contributed by atoms with Crippen molar-refractivity contribution in [2.45, 2.75) is 25.9 Å². The van der Waals surface area contributed by atoms with Gasteiger partial charge in [0.25, 0.3) is 5.91 Å². The number of nitrogens with zero attached hydrogens (tertiary/aromatic N) is 1. The summed E-state index contributed by atoms with van der Waals surface area (Å²) in [5, 5.41) is 9.39. The van der Waals surface area contributed by atoms with Crippen LogP contribution < -0.4 is 20.9 Å². The van der Waals surface area contributed by atoms with Crippen molar-refractivity contribution >= 4 is 28.5 Å². The molecule has 2 aliphatic heterocycles. The minimum absolute atomic E-state index is 0.233. The summed E-state index contributed by atoms with van der Waals surface area (Å²) < 4.78 is 13.3. The Morgan fingerprint density at radius 2 is 1.81 bits per heavy atom. The summed E-state index contributed by atoms with van der Waals surface area (Å²) >= 11 is 0. The van der Waals surface area contributed by atoms with Crippen LogP contribution >= 0.6 is 0 Å². The minimum Gasteiger partial charge on any atom is -0.368 e. The number of halogens is 1. The van der Waals surface area contributed by atoms with Crippen molar-refractivity contribution < 1.29 is 9.18 Å². The van der Waals surface area contributed by atoms with Gasteiger partial charge in [0, 0.05) is 48.3 Å². The van der Waals surface area contributed by atoms with Gasteiger partial charge in [-0.3, -0.25) is 4.79 Å². The molecule has 0 aliphatic carbocycles. The molecule has 2 atom stereocenters. The summed E-state index contributed by atoms with van der Waals surface area (Å²) in [5.74, 6) is -0.598. The second-order valence-corrected chi connectivity index (χ2v) is 7.27. The van der Waals surface area contributed by atoms with Crippen LogP contribution in [-0.4, -0.2) is 31.1 Å². The number of rotatable bonds is 3. The Hall–Kier alpha value is -2.86. The Labute approximate surface area is 158 Å². The Morgan fingerprint density at radius 1 is 1.11 bits per heavy atom. The summed E-state index contributed by atoms with van der Waals surface area (Å²) in [5.41, 5.74) is 3.79. The van der Waals surface area contributed by atoms with E-state index in [1.807, 2.05) is 12.1 Å². The normalized spacial score (nSPS) is 23.3. The number of piperazine rings is 1. The zero-order valence-corrected chi connectivity index (χ0v) is 15.4. The average molecular weight is 366 g/mol. The van der Waals surface area contributed by atoms with Gasteiger partial charge in [0.1, 0.15) is 5.82 Å². The highest BCUT2D eigenvalue weighted by molar-refractivity contribution is 6.31. The molecule has 2 aromatic carbocycles. The first-order valence-electron chi connectivity index (χ1n) is 9.18. The maximum atomic E-state index is 13.3. The molecule has 2 heterocycles. The predicted octanol–water partition coefficient (Wildman–Crippen LogP) is 3.42. The molecule has 1 fully saturated rings. The number of anilines is 3. The largest absolute Gasteiger partial charge is 0.368 e. The minimum atomic E-state index is -0.365. The first-order chi connectivity index (χ1) is 13.0. The van der Waals surface area contributed by atoms with E-state index < -0.39 is 0 Å². The number of carbonyl (C=O) groups excluding carboxylic acids is 1. The fourth-order valence-corrected chi connectivity index (χ4v) is 3.77. The van der Waals surface area contributed by atoms with Gasteiger partial charge in [-0.05, 0) is 56.3 Å². The first kappa shape index (κ1) is 17.5. The zero-order valence-electron chi connectivity index (χ0n) is 15.4. The Balaban J connectivity index is 1.48. The Morgan fingerprint density at radius 3 is 2.52 bits per heavy atom. The molecule has 0 spiro atoms. The van der Waals surface area contributed by atoms with Crippen LogP contribution in [0, 0.1) is 5.82 Å². The lowest BCUT2D eigenvalue weighted by molar-refractivity contribution is -0.110. The molecule has 0 saturated carbocycles. The standard InChI is InChI=1S/C21H23FN4O/c1-13-11-26(12-14(2)24-13)17-6-4-16(5-7-17)23-10-19-18-8-3-15(22)9-20(18)25-21(19)27/h3-10,13-14,23-24H,11-12H2,1-2H3,(H,25,27)/b19-10+. The number of fused-ring (bicyclic) bond motifs is 1. The number of hydrogen-bond acceptors (Lipinski definition) is 4. The van der Waals surface area contributed by atoms with Gasteiger partial charge in [0.05, 0.1) is 11.3 Å². The van der Waals surface area contributed by atoms with E-state index in [2.05, 4.69) is 46.8 Å². The van der Waals surface area contributed by atoms with E-state index in [1.54, 1.807) is 12.3 Å². The number of hydrogen-bond donors (Lipinski definition) is 3. The van der Waals surface area contributed by atoms with E-state index in [0.717, 1.165) is 18.8 Å². The summed E-state index contributed by atoms with van der Waals surface area (Å²) in [6.45, 7) is 6.35. The molecular weight excluding hydrogens is 343 g/mol. The lowest BCUT2D eigenvalue weighted by Gasteiger charge is -2.37. The smallest absolute Gasteiger partial charge is 0.257 e. The van der Waals surface area contributed by atoms with E-state index in [-0.39, 0.29) is 11.7 Å². The summed E-state index contributed by atoms with van der Waals surface area (Å²) in [4.78, 5) is 14.5. The Kier molecular flexibility index (Phi) is 4.58. The summed E-state index contributed by atoms with van der Waals surface area (Å²) in [6.07, 6.45) is 1.67. The number of carbonyl (C=O) groups is 1. The number of nitrogens with one attached hydrogen (secondary N) is 3. The van der Waals surface area contributed by atoms with E-state index in [1.165, 1.54) is 17.8 Å². The zero-order chi connectivity index (χ0) is 19.0. The maximum absolute atomic E-state index is 13.3. The molecule has 2 unspecified atom stereocenters. The second-order valence-electron chi connectivity index (χ2n) is 7.27. The highest BCUT2D eigenvalue weighted by Gasteiger charge is 2.24. The molecule has 0 bridgehead atoms. The molecule has 5 nitrogen and oxygen atoms in total. The van der Waals surface area contributed by atoms with Crippen molar-refractivity contribution in [3.63, 3.8) is 0 Å². The summed E-state index contributed by atoms with van der Waals surface area (Å²) in [7, 11) is 0. The van der Waals surface area contributed by atoms with Gasteiger partial charge in [-0.1, -0.05) is 0 Å². The van der Waals surface area contributed by atoms with Crippen molar-refractivity contribution in [2.24, 2.45) is 0 Å². The third-order valence-electron chi connectivity index (χ3n) is 4.94. The first-order valence-corrected chi connectivity index (χ1v) is 9.18. The molecule has 27 heavy (non-hydrogen) atoms. The fourth-order valence-electron chi connectivity index (χ4n) is 3.77. The van der Waals surface area contributed by atoms with Crippen molar-refractivity contribution in [1.29, 1.82) is 0 Å². The number of amides is 1.